The van der Waals surface area contributed by atoms with E-state index in [9.17, 15) is 10.1 Å². The summed E-state index contributed by atoms with van der Waals surface area (Å²) in [6, 6.07) is 4.78. The topological polar surface area (TPSA) is 58.4 Å². The molecule has 1 aromatic carbocycles. The number of hydrogen-bond donors (Lipinski definition) is 1. The average molecular weight is 278 g/mol. The SMILES string of the molecule is Cl.O=[N+]([O-])c1cccc(Cl)c1N1CCNCC1. The van der Waals surface area contributed by atoms with Gasteiger partial charge in [-0.1, -0.05) is 17.7 Å². The number of rotatable bonds is 2. The second-order valence-electron chi connectivity index (χ2n) is 3.60. The molecule has 1 fully saturated rings. The van der Waals surface area contributed by atoms with Gasteiger partial charge in [-0.05, 0) is 6.07 Å². The number of para-hydroxylation sites is 1. The van der Waals surface area contributed by atoms with Crippen LogP contribution >= 0.6 is 24.0 Å². The number of benzene rings is 1. The molecule has 0 amide bonds. The van der Waals surface area contributed by atoms with E-state index >= 15 is 0 Å². The highest BCUT2D eigenvalue weighted by Gasteiger charge is 2.23. The van der Waals surface area contributed by atoms with E-state index in [1.54, 1.807) is 12.1 Å². The monoisotopic (exact) mass is 277 g/mol. The van der Waals surface area contributed by atoms with Crippen LogP contribution in [0.5, 0.6) is 0 Å². The van der Waals surface area contributed by atoms with Crippen molar-refractivity contribution in [3.8, 4) is 0 Å². The summed E-state index contributed by atoms with van der Waals surface area (Å²) in [6.45, 7) is 3.12. The second kappa shape index (κ2) is 6.05. The van der Waals surface area contributed by atoms with Crippen molar-refractivity contribution in [2.75, 3.05) is 31.1 Å². The van der Waals surface area contributed by atoms with E-state index in [2.05, 4.69) is 5.32 Å². The lowest BCUT2D eigenvalue weighted by Crippen LogP contribution is -2.43. The van der Waals surface area contributed by atoms with Gasteiger partial charge in [-0.25, -0.2) is 0 Å². The highest BCUT2D eigenvalue weighted by Crippen LogP contribution is 2.35. The van der Waals surface area contributed by atoms with Crippen LogP contribution in [0.15, 0.2) is 18.2 Å². The van der Waals surface area contributed by atoms with E-state index in [-0.39, 0.29) is 23.0 Å². The quantitative estimate of drug-likeness (QED) is 0.664. The van der Waals surface area contributed by atoms with Gasteiger partial charge in [0.2, 0.25) is 0 Å². The largest absolute Gasteiger partial charge is 0.362 e. The lowest BCUT2D eigenvalue weighted by molar-refractivity contribution is -0.384. The van der Waals surface area contributed by atoms with E-state index < -0.39 is 0 Å². The maximum Gasteiger partial charge on any atom is 0.294 e. The summed E-state index contributed by atoms with van der Waals surface area (Å²) in [5.41, 5.74) is 0.616. The van der Waals surface area contributed by atoms with Crippen LogP contribution in [-0.2, 0) is 0 Å². The third-order valence-corrected chi connectivity index (χ3v) is 2.90. The first-order valence-corrected chi connectivity index (χ1v) is 5.46. The van der Waals surface area contributed by atoms with Crippen molar-refractivity contribution < 1.29 is 4.92 Å². The molecule has 0 bridgehead atoms. The molecule has 0 aliphatic carbocycles. The molecule has 0 atom stereocenters. The number of nitrogens with zero attached hydrogens (tertiary/aromatic N) is 2. The van der Waals surface area contributed by atoms with Gasteiger partial charge in [-0.3, -0.25) is 10.1 Å². The second-order valence-corrected chi connectivity index (χ2v) is 4.01. The highest BCUT2D eigenvalue weighted by molar-refractivity contribution is 6.33. The number of hydrogen-bond acceptors (Lipinski definition) is 4. The number of halogens is 2. The van der Waals surface area contributed by atoms with Crippen molar-refractivity contribution in [3.05, 3.63) is 33.3 Å². The first kappa shape index (κ1) is 14.0. The Balaban J connectivity index is 0.00000144. The van der Waals surface area contributed by atoms with Crippen LogP contribution in [-0.4, -0.2) is 31.1 Å². The smallest absolute Gasteiger partial charge is 0.294 e. The van der Waals surface area contributed by atoms with Crippen molar-refractivity contribution in [1.82, 2.24) is 5.32 Å². The molecule has 2 rings (SSSR count). The third kappa shape index (κ3) is 3.00. The van der Waals surface area contributed by atoms with Gasteiger partial charge >= 0.3 is 0 Å². The van der Waals surface area contributed by atoms with Gasteiger partial charge in [0.05, 0.1) is 9.95 Å². The predicted molar refractivity (Wildman–Crippen MR) is 70.4 cm³/mol. The normalized spacial score (nSPS) is 15.2. The van der Waals surface area contributed by atoms with Gasteiger partial charge in [0.15, 0.2) is 0 Å². The summed E-state index contributed by atoms with van der Waals surface area (Å²) < 4.78 is 0. The van der Waals surface area contributed by atoms with Gasteiger partial charge in [-0.2, -0.15) is 0 Å². The number of nitrogens with one attached hydrogen (secondary N) is 1. The van der Waals surface area contributed by atoms with E-state index in [0.29, 0.717) is 10.7 Å². The molecule has 1 heterocycles. The lowest BCUT2D eigenvalue weighted by Gasteiger charge is -2.29. The molecule has 1 saturated heterocycles. The van der Waals surface area contributed by atoms with Crippen molar-refractivity contribution in [3.63, 3.8) is 0 Å². The Morgan fingerprint density at radius 1 is 1.35 bits per heavy atom. The van der Waals surface area contributed by atoms with Crippen LogP contribution in [0, 0.1) is 10.1 Å². The van der Waals surface area contributed by atoms with Crippen LogP contribution in [0.4, 0.5) is 11.4 Å². The van der Waals surface area contributed by atoms with Crippen LogP contribution in [0.25, 0.3) is 0 Å². The molecule has 94 valence electrons. The Morgan fingerprint density at radius 3 is 2.59 bits per heavy atom. The zero-order chi connectivity index (χ0) is 11.5. The van der Waals surface area contributed by atoms with Gasteiger partial charge in [0.25, 0.3) is 5.69 Å². The molecule has 1 aromatic rings. The molecule has 7 heteroatoms. The molecule has 0 radical (unpaired) electrons. The molecule has 0 spiro atoms. The molecule has 5 nitrogen and oxygen atoms in total. The maximum atomic E-state index is 10.9. The van der Waals surface area contributed by atoms with Crippen molar-refractivity contribution in [1.29, 1.82) is 0 Å². The number of nitro groups is 1. The van der Waals surface area contributed by atoms with Gasteiger partial charge in [0.1, 0.15) is 5.69 Å². The van der Waals surface area contributed by atoms with Gasteiger partial charge < -0.3 is 10.2 Å². The lowest BCUT2D eigenvalue weighted by atomic mass is 10.2. The molecule has 0 saturated carbocycles. The number of piperazine rings is 1. The average Bonchev–Trinajstić information content (AvgIpc) is 2.29. The molecule has 0 aromatic heterocycles. The van der Waals surface area contributed by atoms with Crippen LogP contribution in [0.2, 0.25) is 5.02 Å². The zero-order valence-corrected chi connectivity index (χ0v) is 10.6. The summed E-state index contributed by atoms with van der Waals surface area (Å²) in [7, 11) is 0. The highest BCUT2D eigenvalue weighted by atomic mass is 35.5. The first-order valence-electron chi connectivity index (χ1n) is 5.08. The first-order chi connectivity index (χ1) is 7.70. The summed E-state index contributed by atoms with van der Waals surface area (Å²) >= 11 is 6.04. The summed E-state index contributed by atoms with van der Waals surface area (Å²) in [6.07, 6.45) is 0. The summed E-state index contributed by atoms with van der Waals surface area (Å²) in [5, 5.41) is 14.6. The molecule has 0 unspecified atom stereocenters. The molecule has 17 heavy (non-hydrogen) atoms. The minimum Gasteiger partial charge on any atom is -0.362 e. The van der Waals surface area contributed by atoms with Crippen LogP contribution in [0.3, 0.4) is 0 Å². The minimum absolute atomic E-state index is 0. The van der Waals surface area contributed by atoms with Gasteiger partial charge in [-0.15, -0.1) is 12.4 Å². The Labute approximate surface area is 110 Å². The fourth-order valence-electron chi connectivity index (χ4n) is 1.85. The Morgan fingerprint density at radius 2 is 2.00 bits per heavy atom. The van der Waals surface area contributed by atoms with E-state index in [1.165, 1.54) is 6.07 Å². The van der Waals surface area contributed by atoms with Crippen molar-refractivity contribution >= 4 is 35.4 Å². The van der Waals surface area contributed by atoms with E-state index in [1.807, 2.05) is 4.90 Å². The Bertz CT molecular complexity index is 409. The molecule has 1 N–H and O–H groups in total. The number of nitro benzene ring substituents is 1. The predicted octanol–water partition coefficient (Wildman–Crippen LogP) is 2.08. The maximum absolute atomic E-state index is 10.9. The fourth-order valence-corrected chi connectivity index (χ4v) is 2.14. The number of anilines is 1. The van der Waals surface area contributed by atoms with E-state index in [4.69, 9.17) is 11.6 Å². The van der Waals surface area contributed by atoms with E-state index in [0.717, 1.165) is 26.2 Å². The van der Waals surface area contributed by atoms with Gasteiger partial charge in [0, 0.05) is 32.2 Å². The molecular formula is C10H13Cl2N3O2. The Kier molecular flexibility index (Phi) is 4.99. The third-order valence-electron chi connectivity index (χ3n) is 2.60. The standard InChI is InChI=1S/C10H12ClN3O2.ClH/c11-8-2-1-3-9(14(15)16)10(8)13-6-4-12-5-7-13;/h1-3,12H,4-7H2;1H. The van der Waals surface area contributed by atoms with Crippen LogP contribution < -0.4 is 10.2 Å². The molecule has 1 aliphatic rings. The van der Waals surface area contributed by atoms with Crippen molar-refractivity contribution in [2.45, 2.75) is 0 Å². The minimum atomic E-state index is -0.386. The zero-order valence-electron chi connectivity index (χ0n) is 9.06. The fraction of sp³-hybridized carbons (Fsp3) is 0.400. The molecular weight excluding hydrogens is 265 g/mol. The van der Waals surface area contributed by atoms with Crippen molar-refractivity contribution in [2.24, 2.45) is 0 Å². The van der Waals surface area contributed by atoms with Crippen LogP contribution in [0.1, 0.15) is 0 Å². The summed E-state index contributed by atoms with van der Waals surface area (Å²) in [5.74, 6) is 0. The Hall–Kier alpha value is -1.04. The summed E-state index contributed by atoms with van der Waals surface area (Å²) in [4.78, 5) is 12.5. The molecule has 1 aliphatic heterocycles.